The van der Waals surface area contributed by atoms with Gasteiger partial charge in [-0.15, -0.1) is 0 Å². The number of aryl methyl sites for hydroxylation is 1. The van der Waals surface area contributed by atoms with Crippen molar-refractivity contribution >= 4 is 0 Å². The molecule has 1 heterocycles. The quantitative estimate of drug-likeness (QED) is 0.885. The van der Waals surface area contributed by atoms with E-state index in [1.807, 2.05) is 6.26 Å². The van der Waals surface area contributed by atoms with E-state index in [4.69, 9.17) is 4.42 Å². The molecule has 4 aliphatic carbocycles. The second kappa shape index (κ2) is 4.12. The maximum atomic E-state index is 5.84. The molecule has 19 heavy (non-hydrogen) atoms. The Morgan fingerprint density at radius 2 is 1.74 bits per heavy atom. The highest BCUT2D eigenvalue weighted by atomic mass is 16.3. The number of hydrogen-bond acceptors (Lipinski definition) is 2. The summed E-state index contributed by atoms with van der Waals surface area (Å²) in [5.41, 5.74) is 1.79. The molecule has 4 saturated carbocycles. The van der Waals surface area contributed by atoms with Gasteiger partial charge in [0.2, 0.25) is 0 Å². The zero-order valence-corrected chi connectivity index (χ0v) is 12.1. The van der Waals surface area contributed by atoms with Gasteiger partial charge in [0.15, 0.2) is 0 Å². The molecule has 4 bridgehead atoms. The lowest BCUT2D eigenvalue weighted by molar-refractivity contribution is -0.0772. The fourth-order valence-corrected chi connectivity index (χ4v) is 5.93. The maximum Gasteiger partial charge on any atom is 0.124 e. The van der Waals surface area contributed by atoms with Gasteiger partial charge in [-0.25, -0.2) is 0 Å². The molecule has 0 spiro atoms. The van der Waals surface area contributed by atoms with E-state index in [1.165, 1.54) is 49.8 Å². The summed E-state index contributed by atoms with van der Waals surface area (Å²) < 4.78 is 5.84. The second-order valence-electron chi connectivity index (χ2n) is 7.47. The highest BCUT2D eigenvalue weighted by Gasteiger charge is 2.55. The largest absolute Gasteiger partial charge is 0.467 e. The molecular weight excluding hydrogens is 234 g/mol. The molecule has 2 nitrogen and oxygen atoms in total. The van der Waals surface area contributed by atoms with Crippen molar-refractivity contribution in [1.82, 2.24) is 5.32 Å². The van der Waals surface area contributed by atoms with Crippen LogP contribution in [0.4, 0.5) is 0 Å². The van der Waals surface area contributed by atoms with Crippen molar-refractivity contribution in [3.05, 3.63) is 23.7 Å². The van der Waals surface area contributed by atoms with Crippen LogP contribution in [-0.2, 0) is 0 Å². The van der Waals surface area contributed by atoms with E-state index in [1.54, 1.807) is 0 Å². The average molecular weight is 259 g/mol. The molecule has 1 N–H and O–H groups in total. The standard InChI is InChI=1S/C17H25NO/c1-11-3-4-19-15(11)16(18-2)17-8-12-5-13(9-17)7-14(6-12)10-17/h3-4,12-14,16,18H,5-10H2,1-2H3. The predicted molar refractivity (Wildman–Crippen MR) is 75.9 cm³/mol. The highest BCUT2D eigenvalue weighted by Crippen LogP contribution is 2.64. The van der Waals surface area contributed by atoms with E-state index in [0.717, 1.165) is 17.8 Å². The van der Waals surface area contributed by atoms with E-state index in [9.17, 15) is 0 Å². The number of nitrogens with one attached hydrogen (secondary N) is 1. The normalized spacial score (nSPS) is 41.7. The third kappa shape index (κ3) is 1.72. The molecule has 0 amide bonds. The molecule has 1 aromatic heterocycles. The van der Waals surface area contributed by atoms with Gasteiger partial charge in [0.25, 0.3) is 0 Å². The lowest BCUT2D eigenvalue weighted by Crippen LogP contribution is -2.51. The summed E-state index contributed by atoms with van der Waals surface area (Å²) >= 11 is 0. The second-order valence-corrected chi connectivity index (χ2v) is 7.47. The summed E-state index contributed by atoms with van der Waals surface area (Å²) in [6, 6.07) is 2.54. The van der Waals surface area contributed by atoms with Crippen molar-refractivity contribution < 1.29 is 4.42 Å². The van der Waals surface area contributed by atoms with Crippen LogP contribution in [0.15, 0.2) is 16.7 Å². The lowest BCUT2D eigenvalue weighted by atomic mass is 9.47. The van der Waals surface area contributed by atoms with Crippen LogP contribution >= 0.6 is 0 Å². The Balaban J connectivity index is 1.72. The number of rotatable bonds is 3. The Morgan fingerprint density at radius 1 is 1.16 bits per heavy atom. The van der Waals surface area contributed by atoms with Crippen molar-refractivity contribution in [2.75, 3.05) is 7.05 Å². The van der Waals surface area contributed by atoms with E-state index in [-0.39, 0.29) is 0 Å². The molecule has 2 heteroatoms. The molecule has 4 aliphatic rings. The summed E-state index contributed by atoms with van der Waals surface area (Å²) in [4.78, 5) is 0. The van der Waals surface area contributed by atoms with Crippen molar-refractivity contribution in [3.63, 3.8) is 0 Å². The summed E-state index contributed by atoms with van der Waals surface area (Å²) in [6.45, 7) is 2.18. The van der Waals surface area contributed by atoms with E-state index >= 15 is 0 Å². The van der Waals surface area contributed by atoms with Crippen LogP contribution in [0.2, 0.25) is 0 Å². The minimum atomic E-state index is 0.427. The van der Waals surface area contributed by atoms with Crippen LogP contribution in [0.5, 0.6) is 0 Å². The summed E-state index contributed by atoms with van der Waals surface area (Å²) in [6.07, 6.45) is 10.6. The predicted octanol–water partition coefficient (Wildman–Crippen LogP) is 4.06. The van der Waals surface area contributed by atoms with Gasteiger partial charge in [0.1, 0.15) is 5.76 Å². The molecule has 4 fully saturated rings. The number of hydrogen-bond donors (Lipinski definition) is 1. The van der Waals surface area contributed by atoms with Gasteiger partial charge in [-0.2, -0.15) is 0 Å². The molecular formula is C17H25NO. The Kier molecular flexibility index (Phi) is 2.60. The Bertz CT molecular complexity index is 440. The molecule has 1 atom stereocenters. The molecule has 0 aromatic carbocycles. The van der Waals surface area contributed by atoms with Crippen LogP contribution in [0.3, 0.4) is 0 Å². The van der Waals surface area contributed by atoms with Gasteiger partial charge in [0.05, 0.1) is 12.3 Å². The monoisotopic (exact) mass is 259 g/mol. The van der Waals surface area contributed by atoms with Crippen LogP contribution in [0.25, 0.3) is 0 Å². The molecule has 0 aliphatic heterocycles. The van der Waals surface area contributed by atoms with Gasteiger partial charge in [-0.05, 0) is 87.3 Å². The summed E-state index contributed by atoms with van der Waals surface area (Å²) in [5.74, 6) is 4.19. The topological polar surface area (TPSA) is 25.2 Å². The van der Waals surface area contributed by atoms with Crippen molar-refractivity contribution in [1.29, 1.82) is 0 Å². The van der Waals surface area contributed by atoms with Gasteiger partial charge in [0, 0.05) is 0 Å². The van der Waals surface area contributed by atoms with Crippen LogP contribution in [0, 0.1) is 30.1 Å². The van der Waals surface area contributed by atoms with Gasteiger partial charge in [-0.3, -0.25) is 0 Å². The highest BCUT2D eigenvalue weighted by molar-refractivity contribution is 5.22. The lowest BCUT2D eigenvalue weighted by Gasteiger charge is -2.59. The maximum absolute atomic E-state index is 5.84. The first kappa shape index (κ1) is 12.0. The smallest absolute Gasteiger partial charge is 0.124 e. The molecule has 1 unspecified atom stereocenters. The van der Waals surface area contributed by atoms with Crippen LogP contribution < -0.4 is 5.32 Å². The minimum Gasteiger partial charge on any atom is -0.467 e. The van der Waals surface area contributed by atoms with Crippen LogP contribution in [-0.4, -0.2) is 7.05 Å². The van der Waals surface area contributed by atoms with Gasteiger partial charge < -0.3 is 9.73 Å². The van der Waals surface area contributed by atoms with Gasteiger partial charge in [-0.1, -0.05) is 0 Å². The van der Waals surface area contributed by atoms with E-state index < -0.39 is 0 Å². The zero-order valence-electron chi connectivity index (χ0n) is 12.1. The molecule has 0 radical (unpaired) electrons. The summed E-state index contributed by atoms with van der Waals surface area (Å²) in [7, 11) is 2.12. The first-order valence-corrected chi connectivity index (χ1v) is 7.91. The first-order valence-electron chi connectivity index (χ1n) is 7.91. The third-order valence-electron chi connectivity index (χ3n) is 6.15. The van der Waals surface area contributed by atoms with E-state index in [0.29, 0.717) is 11.5 Å². The van der Waals surface area contributed by atoms with Crippen molar-refractivity contribution in [3.8, 4) is 0 Å². The third-order valence-corrected chi connectivity index (χ3v) is 6.15. The van der Waals surface area contributed by atoms with Crippen molar-refractivity contribution in [2.45, 2.75) is 51.5 Å². The molecule has 5 rings (SSSR count). The molecule has 1 aromatic rings. The first-order chi connectivity index (χ1) is 9.20. The zero-order chi connectivity index (χ0) is 13.0. The fraction of sp³-hybridized carbons (Fsp3) is 0.765. The minimum absolute atomic E-state index is 0.427. The Labute approximate surface area is 116 Å². The summed E-state index contributed by atoms with van der Waals surface area (Å²) in [5, 5.41) is 3.61. The molecule has 104 valence electrons. The Morgan fingerprint density at radius 3 is 2.16 bits per heavy atom. The number of furan rings is 1. The Hall–Kier alpha value is -0.760. The SMILES string of the molecule is CNC(c1occc1C)C12CC3CC(CC(C3)C1)C2. The fourth-order valence-electron chi connectivity index (χ4n) is 5.93. The van der Waals surface area contributed by atoms with Crippen molar-refractivity contribution in [2.24, 2.45) is 23.2 Å². The van der Waals surface area contributed by atoms with Gasteiger partial charge >= 0.3 is 0 Å². The van der Waals surface area contributed by atoms with Crippen LogP contribution in [0.1, 0.15) is 55.9 Å². The average Bonchev–Trinajstić information content (AvgIpc) is 2.74. The molecule has 0 saturated heterocycles. The van der Waals surface area contributed by atoms with E-state index in [2.05, 4.69) is 25.4 Å².